The van der Waals surface area contributed by atoms with Gasteiger partial charge in [-0.15, -0.1) is 0 Å². The van der Waals surface area contributed by atoms with Crippen LogP contribution in [0.2, 0.25) is 0 Å². The number of hydrazone groups is 1. The Bertz CT molecular complexity index is 715. The average Bonchev–Trinajstić information content (AvgIpc) is 2.61. The lowest BCUT2D eigenvalue weighted by atomic mass is 10.1. The van der Waals surface area contributed by atoms with Crippen LogP contribution in [0.5, 0.6) is 11.5 Å². The molecule has 6 heteroatoms. The summed E-state index contributed by atoms with van der Waals surface area (Å²) in [7, 11) is 1.61. The molecule has 0 aliphatic rings. The monoisotopic (exact) mass is 390 g/mol. The highest BCUT2D eigenvalue weighted by atomic mass is 79.9. The van der Waals surface area contributed by atoms with Crippen molar-refractivity contribution in [3.05, 3.63) is 58.1 Å². The Hall–Kier alpha value is -2.34. The molecule has 0 aromatic heterocycles. The number of rotatable bonds is 7. The lowest BCUT2D eigenvalue weighted by molar-refractivity contribution is -0.123. The molecule has 1 amide bonds. The van der Waals surface area contributed by atoms with Gasteiger partial charge in [0.1, 0.15) is 11.5 Å². The molecule has 0 radical (unpaired) electrons. The van der Waals surface area contributed by atoms with E-state index >= 15 is 0 Å². The van der Waals surface area contributed by atoms with Crippen LogP contribution in [0.3, 0.4) is 0 Å². The zero-order chi connectivity index (χ0) is 17.4. The maximum absolute atomic E-state index is 11.8. The molecule has 0 atom stereocenters. The summed E-state index contributed by atoms with van der Waals surface area (Å²) in [5.41, 5.74) is 4.34. The highest BCUT2D eigenvalue weighted by Gasteiger charge is 2.06. The fourth-order valence-electron chi connectivity index (χ4n) is 2.01. The summed E-state index contributed by atoms with van der Waals surface area (Å²) >= 11 is 3.42. The number of nitrogens with one attached hydrogen (secondary N) is 1. The molecule has 0 aliphatic heterocycles. The minimum atomic E-state index is -0.315. The zero-order valence-electron chi connectivity index (χ0n) is 13.6. The van der Waals surface area contributed by atoms with Crippen LogP contribution in [0, 0.1) is 0 Å². The van der Waals surface area contributed by atoms with Gasteiger partial charge < -0.3 is 9.47 Å². The largest absolute Gasteiger partial charge is 0.497 e. The molecule has 0 bridgehead atoms. The van der Waals surface area contributed by atoms with Gasteiger partial charge in [-0.2, -0.15) is 5.10 Å². The molecule has 5 nitrogen and oxygen atoms in total. The second kappa shape index (κ2) is 9.08. The van der Waals surface area contributed by atoms with Gasteiger partial charge in [0, 0.05) is 4.47 Å². The molecule has 2 aromatic rings. The van der Waals surface area contributed by atoms with E-state index in [4.69, 9.17) is 9.47 Å². The van der Waals surface area contributed by atoms with Gasteiger partial charge in [0.15, 0.2) is 6.61 Å². The molecule has 0 heterocycles. The summed E-state index contributed by atoms with van der Waals surface area (Å²) in [5, 5.41) is 3.91. The highest BCUT2D eigenvalue weighted by Crippen LogP contribution is 2.23. The first-order chi connectivity index (χ1) is 11.6. The number of ether oxygens (including phenoxy) is 2. The number of halogens is 1. The van der Waals surface area contributed by atoms with E-state index in [2.05, 4.69) is 26.5 Å². The van der Waals surface area contributed by atoms with Crippen molar-refractivity contribution < 1.29 is 14.3 Å². The maximum atomic E-state index is 11.8. The van der Waals surface area contributed by atoms with E-state index in [0.717, 1.165) is 27.8 Å². The fourth-order valence-corrected chi connectivity index (χ4v) is 2.42. The molecule has 2 aromatic carbocycles. The van der Waals surface area contributed by atoms with Crippen LogP contribution in [0.4, 0.5) is 0 Å². The zero-order valence-corrected chi connectivity index (χ0v) is 15.2. The second-order valence-electron chi connectivity index (χ2n) is 4.96. The molecule has 0 aliphatic carbocycles. The minimum Gasteiger partial charge on any atom is -0.497 e. The topological polar surface area (TPSA) is 59.9 Å². The van der Waals surface area contributed by atoms with E-state index < -0.39 is 0 Å². The Balaban J connectivity index is 1.83. The van der Waals surface area contributed by atoms with Crippen LogP contribution in [-0.4, -0.2) is 25.8 Å². The second-order valence-corrected chi connectivity index (χ2v) is 5.88. The molecule has 0 fully saturated rings. The lowest BCUT2D eigenvalue weighted by Gasteiger charge is -2.10. The third kappa shape index (κ3) is 5.38. The van der Waals surface area contributed by atoms with E-state index in [0.29, 0.717) is 5.75 Å². The molecular formula is C18H19BrN2O3. The minimum absolute atomic E-state index is 0.0887. The molecule has 0 spiro atoms. The third-order valence-corrected chi connectivity index (χ3v) is 3.77. The number of hydrogen-bond acceptors (Lipinski definition) is 4. The number of amides is 1. The van der Waals surface area contributed by atoms with Gasteiger partial charge in [0.05, 0.1) is 13.3 Å². The predicted molar refractivity (Wildman–Crippen MR) is 97.7 cm³/mol. The number of carbonyl (C=O) groups is 1. The van der Waals surface area contributed by atoms with Crippen LogP contribution in [0.25, 0.3) is 0 Å². The number of hydrogen-bond donors (Lipinski definition) is 1. The van der Waals surface area contributed by atoms with Crippen molar-refractivity contribution in [2.75, 3.05) is 13.7 Å². The van der Waals surface area contributed by atoms with Gasteiger partial charge >= 0.3 is 0 Å². The van der Waals surface area contributed by atoms with Crippen molar-refractivity contribution in [1.29, 1.82) is 0 Å². The van der Waals surface area contributed by atoms with Crippen molar-refractivity contribution in [2.45, 2.75) is 13.3 Å². The van der Waals surface area contributed by atoms with Gasteiger partial charge in [-0.3, -0.25) is 4.79 Å². The quantitative estimate of drug-likeness (QED) is 0.580. The summed E-state index contributed by atoms with van der Waals surface area (Å²) in [6.45, 7) is 1.95. The Morgan fingerprint density at radius 1 is 1.25 bits per heavy atom. The molecule has 126 valence electrons. The third-order valence-electron chi connectivity index (χ3n) is 3.28. The molecule has 24 heavy (non-hydrogen) atoms. The Labute approximate surface area is 149 Å². The Kier molecular flexibility index (Phi) is 6.81. The van der Waals surface area contributed by atoms with E-state index in [1.165, 1.54) is 0 Å². The summed E-state index contributed by atoms with van der Waals surface area (Å²) < 4.78 is 11.6. The van der Waals surface area contributed by atoms with Gasteiger partial charge in [-0.05, 0) is 60.0 Å². The molecule has 0 unspecified atom stereocenters. The normalized spacial score (nSPS) is 10.6. The van der Waals surface area contributed by atoms with Crippen molar-refractivity contribution in [2.24, 2.45) is 5.10 Å². The van der Waals surface area contributed by atoms with E-state index in [9.17, 15) is 4.79 Å². The Morgan fingerprint density at radius 2 is 2.00 bits per heavy atom. The van der Waals surface area contributed by atoms with Gasteiger partial charge in [-0.25, -0.2) is 5.43 Å². The Morgan fingerprint density at radius 3 is 2.67 bits per heavy atom. The van der Waals surface area contributed by atoms with Crippen molar-refractivity contribution in [1.82, 2.24) is 5.43 Å². The summed E-state index contributed by atoms with van der Waals surface area (Å²) in [6.07, 6.45) is 2.39. The SMILES string of the molecule is CCc1cc(Br)ccc1OCC(=O)N/N=C/c1ccc(OC)cc1. The molecule has 1 N–H and O–H groups in total. The van der Waals surface area contributed by atoms with Gasteiger partial charge in [-0.1, -0.05) is 22.9 Å². The number of carbonyl (C=O) groups excluding carboxylic acids is 1. The number of aryl methyl sites for hydroxylation is 1. The summed E-state index contributed by atoms with van der Waals surface area (Å²) in [6, 6.07) is 13.1. The van der Waals surface area contributed by atoms with E-state index in [-0.39, 0.29) is 12.5 Å². The fraction of sp³-hybridized carbons (Fsp3) is 0.222. The molecular weight excluding hydrogens is 372 g/mol. The molecule has 0 saturated heterocycles. The lowest BCUT2D eigenvalue weighted by Crippen LogP contribution is -2.24. The first-order valence-electron chi connectivity index (χ1n) is 7.49. The summed E-state index contributed by atoms with van der Waals surface area (Å²) in [4.78, 5) is 11.8. The number of benzene rings is 2. The predicted octanol–water partition coefficient (Wildman–Crippen LogP) is 3.55. The first-order valence-corrected chi connectivity index (χ1v) is 8.29. The van der Waals surface area contributed by atoms with Crippen LogP contribution in [-0.2, 0) is 11.2 Å². The van der Waals surface area contributed by atoms with Crippen LogP contribution < -0.4 is 14.9 Å². The van der Waals surface area contributed by atoms with Crippen molar-refractivity contribution >= 4 is 28.1 Å². The van der Waals surface area contributed by atoms with Gasteiger partial charge in [0.2, 0.25) is 0 Å². The smallest absolute Gasteiger partial charge is 0.277 e. The first kappa shape index (κ1) is 18.0. The van der Waals surface area contributed by atoms with Crippen LogP contribution in [0.15, 0.2) is 52.0 Å². The van der Waals surface area contributed by atoms with Gasteiger partial charge in [0.25, 0.3) is 5.91 Å². The average molecular weight is 391 g/mol. The summed E-state index contributed by atoms with van der Waals surface area (Å²) in [5.74, 6) is 1.16. The van der Waals surface area contributed by atoms with Crippen LogP contribution in [0.1, 0.15) is 18.1 Å². The highest BCUT2D eigenvalue weighted by molar-refractivity contribution is 9.10. The van der Waals surface area contributed by atoms with Crippen LogP contribution >= 0.6 is 15.9 Å². The van der Waals surface area contributed by atoms with E-state index in [1.54, 1.807) is 13.3 Å². The molecule has 0 saturated carbocycles. The maximum Gasteiger partial charge on any atom is 0.277 e. The van der Waals surface area contributed by atoms with Crippen molar-refractivity contribution in [3.63, 3.8) is 0 Å². The number of nitrogens with zero attached hydrogens (tertiary/aromatic N) is 1. The number of methoxy groups -OCH3 is 1. The van der Waals surface area contributed by atoms with Crippen molar-refractivity contribution in [3.8, 4) is 11.5 Å². The van der Waals surface area contributed by atoms with E-state index in [1.807, 2.05) is 49.4 Å². The molecule has 2 rings (SSSR count). The standard InChI is InChI=1S/C18H19BrN2O3/c1-3-14-10-15(19)6-9-17(14)24-12-18(22)21-20-11-13-4-7-16(23-2)8-5-13/h4-11H,3,12H2,1-2H3,(H,21,22)/b20-11+.